The molecule has 0 bridgehead atoms. The van der Waals surface area contributed by atoms with Crippen LogP contribution in [0.1, 0.15) is 26.7 Å². The number of rotatable bonds is 3. The third-order valence-corrected chi connectivity index (χ3v) is 2.79. The molecule has 0 unspecified atom stereocenters. The molecule has 0 atom stereocenters. The normalized spacial score (nSPS) is 10.1. The van der Waals surface area contributed by atoms with E-state index in [1.807, 2.05) is 13.8 Å². The molecular formula is C12H22N4O4. The molecule has 0 saturated carbocycles. The van der Waals surface area contributed by atoms with Crippen molar-refractivity contribution in [1.29, 1.82) is 0 Å². The lowest BCUT2D eigenvalue weighted by Crippen LogP contribution is -2.51. The first-order valence-electron chi connectivity index (χ1n) is 6.20. The van der Waals surface area contributed by atoms with Crippen LogP contribution in [0.25, 0.3) is 0 Å². The highest BCUT2D eigenvalue weighted by molar-refractivity contribution is 6.04. The van der Waals surface area contributed by atoms with E-state index in [-0.39, 0.29) is 12.3 Å². The highest BCUT2D eigenvalue weighted by Crippen LogP contribution is 2.07. The predicted octanol–water partition coefficient (Wildman–Crippen LogP) is 1.06. The third kappa shape index (κ3) is 4.87. The molecule has 0 aromatic heterocycles. The van der Waals surface area contributed by atoms with E-state index in [9.17, 15) is 19.2 Å². The number of hydrogen-bond acceptors (Lipinski definition) is 4. The maximum Gasteiger partial charge on any atom is 0.335 e. The van der Waals surface area contributed by atoms with Crippen LogP contribution >= 0.6 is 0 Å². The third-order valence-electron chi connectivity index (χ3n) is 2.79. The Morgan fingerprint density at radius 1 is 0.900 bits per heavy atom. The lowest BCUT2D eigenvalue weighted by Gasteiger charge is -2.25. The Hall–Kier alpha value is -2.12. The molecule has 0 rings (SSSR count). The summed E-state index contributed by atoms with van der Waals surface area (Å²) in [5.74, 6) is -0.0483. The maximum absolute atomic E-state index is 11.9. The van der Waals surface area contributed by atoms with Crippen LogP contribution in [0.3, 0.4) is 0 Å². The first-order chi connectivity index (χ1) is 9.09. The molecule has 0 aliphatic heterocycles. The summed E-state index contributed by atoms with van der Waals surface area (Å²) in [4.78, 5) is 48.4. The Bertz CT molecular complexity index is 408. The number of imide groups is 3. The van der Waals surface area contributed by atoms with Gasteiger partial charge >= 0.3 is 18.1 Å². The van der Waals surface area contributed by atoms with Crippen molar-refractivity contribution >= 4 is 24.0 Å². The molecule has 0 aromatic carbocycles. The van der Waals surface area contributed by atoms with Crippen LogP contribution in [-0.2, 0) is 4.79 Å². The van der Waals surface area contributed by atoms with Crippen LogP contribution in [-0.4, -0.2) is 59.8 Å². The molecule has 0 heterocycles. The molecule has 0 aliphatic carbocycles. The Morgan fingerprint density at radius 2 is 1.35 bits per heavy atom. The van der Waals surface area contributed by atoms with E-state index in [0.717, 1.165) is 11.9 Å². The van der Waals surface area contributed by atoms with Crippen molar-refractivity contribution in [3.63, 3.8) is 0 Å². The molecular weight excluding hydrogens is 264 g/mol. The van der Waals surface area contributed by atoms with E-state index in [4.69, 9.17) is 5.73 Å². The van der Waals surface area contributed by atoms with E-state index in [2.05, 4.69) is 0 Å². The van der Waals surface area contributed by atoms with Crippen molar-refractivity contribution < 1.29 is 19.2 Å². The number of urea groups is 3. The standard InChI is InChI=1S/C12H22N4O4/c1-8(2)6-7-9(17)14(3)11(19)16(5)12(20)15(4)10(13)18/h8H,6-7H2,1-5H3,(H2,13,18). The lowest BCUT2D eigenvalue weighted by atomic mass is 10.1. The van der Waals surface area contributed by atoms with Crippen molar-refractivity contribution in [3.8, 4) is 0 Å². The quantitative estimate of drug-likeness (QED) is 0.837. The average Bonchev–Trinajstić information content (AvgIpc) is 2.40. The van der Waals surface area contributed by atoms with Gasteiger partial charge in [-0.2, -0.15) is 0 Å². The Kier molecular flexibility index (Phi) is 6.67. The van der Waals surface area contributed by atoms with Crippen molar-refractivity contribution in [1.82, 2.24) is 14.7 Å². The van der Waals surface area contributed by atoms with Gasteiger partial charge in [0, 0.05) is 27.6 Å². The molecule has 114 valence electrons. The van der Waals surface area contributed by atoms with Gasteiger partial charge in [-0.05, 0) is 12.3 Å². The summed E-state index contributed by atoms with van der Waals surface area (Å²) in [7, 11) is 3.62. The zero-order valence-electron chi connectivity index (χ0n) is 12.5. The van der Waals surface area contributed by atoms with Crippen LogP contribution in [0.5, 0.6) is 0 Å². The topological polar surface area (TPSA) is 104 Å². The SMILES string of the molecule is CC(C)CCC(=O)N(C)C(=O)N(C)C(=O)N(C)C(N)=O. The molecule has 20 heavy (non-hydrogen) atoms. The maximum atomic E-state index is 11.9. The molecule has 0 saturated heterocycles. The fourth-order valence-electron chi connectivity index (χ4n) is 1.31. The second-order valence-electron chi connectivity index (χ2n) is 4.91. The van der Waals surface area contributed by atoms with Gasteiger partial charge in [0.15, 0.2) is 0 Å². The Balaban J connectivity index is 4.68. The van der Waals surface area contributed by atoms with Crippen molar-refractivity contribution in [2.24, 2.45) is 11.7 Å². The number of nitrogens with two attached hydrogens (primary N) is 1. The van der Waals surface area contributed by atoms with E-state index in [1.54, 1.807) is 0 Å². The van der Waals surface area contributed by atoms with Gasteiger partial charge in [0.2, 0.25) is 5.91 Å². The van der Waals surface area contributed by atoms with Crippen LogP contribution in [0.15, 0.2) is 0 Å². The fraction of sp³-hybridized carbons (Fsp3) is 0.667. The number of primary amides is 1. The van der Waals surface area contributed by atoms with E-state index < -0.39 is 18.1 Å². The summed E-state index contributed by atoms with van der Waals surface area (Å²) in [5, 5.41) is 0. The van der Waals surface area contributed by atoms with E-state index >= 15 is 0 Å². The molecule has 8 heteroatoms. The average molecular weight is 286 g/mol. The molecule has 0 aromatic rings. The monoisotopic (exact) mass is 286 g/mol. The van der Waals surface area contributed by atoms with Crippen LogP contribution in [0, 0.1) is 5.92 Å². The van der Waals surface area contributed by atoms with Gasteiger partial charge in [0.25, 0.3) is 0 Å². The first kappa shape index (κ1) is 17.9. The van der Waals surface area contributed by atoms with Gasteiger partial charge in [0.1, 0.15) is 0 Å². The van der Waals surface area contributed by atoms with Gasteiger partial charge in [-0.1, -0.05) is 13.8 Å². The second-order valence-corrected chi connectivity index (χ2v) is 4.91. The van der Waals surface area contributed by atoms with Gasteiger partial charge in [0.05, 0.1) is 0 Å². The van der Waals surface area contributed by atoms with Gasteiger partial charge in [-0.25, -0.2) is 24.2 Å². The van der Waals surface area contributed by atoms with Crippen LogP contribution in [0.4, 0.5) is 14.4 Å². The number of carbonyl (C=O) groups excluding carboxylic acids is 4. The number of nitrogens with zero attached hydrogens (tertiary/aromatic N) is 3. The summed E-state index contributed by atoms with van der Waals surface area (Å²) in [6.07, 6.45) is 0.864. The minimum Gasteiger partial charge on any atom is -0.351 e. The summed E-state index contributed by atoms with van der Waals surface area (Å²) in [6.45, 7) is 3.93. The number of amides is 7. The fourth-order valence-corrected chi connectivity index (χ4v) is 1.31. The van der Waals surface area contributed by atoms with Crippen molar-refractivity contribution in [2.75, 3.05) is 21.1 Å². The summed E-state index contributed by atoms with van der Waals surface area (Å²) >= 11 is 0. The molecule has 0 spiro atoms. The van der Waals surface area contributed by atoms with Crippen LogP contribution in [0.2, 0.25) is 0 Å². The minimum absolute atomic E-state index is 0.216. The first-order valence-corrected chi connectivity index (χ1v) is 6.20. The lowest BCUT2D eigenvalue weighted by molar-refractivity contribution is -0.127. The zero-order valence-corrected chi connectivity index (χ0v) is 12.5. The summed E-state index contributed by atoms with van der Waals surface area (Å²) in [5.41, 5.74) is 4.94. The van der Waals surface area contributed by atoms with Crippen LogP contribution < -0.4 is 5.73 Å². The second kappa shape index (κ2) is 7.46. The Labute approximate surface area is 118 Å². The number of hydrogen-bond donors (Lipinski definition) is 1. The molecule has 8 nitrogen and oxygen atoms in total. The summed E-state index contributed by atoms with van der Waals surface area (Å²) in [6, 6.07) is -2.69. The minimum atomic E-state index is -0.983. The number of carbonyl (C=O) groups is 4. The highest BCUT2D eigenvalue weighted by Gasteiger charge is 2.28. The molecule has 0 fully saturated rings. The van der Waals surface area contributed by atoms with Crippen molar-refractivity contribution in [3.05, 3.63) is 0 Å². The summed E-state index contributed by atoms with van der Waals surface area (Å²) < 4.78 is 0. The highest BCUT2D eigenvalue weighted by atomic mass is 16.2. The smallest absolute Gasteiger partial charge is 0.335 e. The molecule has 0 aliphatic rings. The Morgan fingerprint density at radius 3 is 1.75 bits per heavy atom. The molecule has 2 N–H and O–H groups in total. The zero-order chi connectivity index (χ0) is 16.0. The van der Waals surface area contributed by atoms with Gasteiger partial charge < -0.3 is 5.73 Å². The largest absolute Gasteiger partial charge is 0.351 e. The van der Waals surface area contributed by atoms with E-state index in [1.165, 1.54) is 14.1 Å². The van der Waals surface area contributed by atoms with Gasteiger partial charge in [-0.15, -0.1) is 0 Å². The molecule has 7 amide bonds. The van der Waals surface area contributed by atoms with Crippen molar-refractivity contribution in [2.45, 2.75) is 26.7 Å². The predicted molar refractivity (Wildman–Crippen MR) is 72.7 cm³/mol. The van der Waals surface area contributed by atoms with E-state index in [0.29, 0.717) is 22.1 Å². The molecule has 0 radical (unpaired) electrons. The van der Waals surface area contributed by atoms with Gasteiger partial charge in [-0.3, -0.25) is 9.69 Å².